The second kappa shape index (κ2) is 4.99. The highest BCUT2D eigenvalue weighted by molar-refractivity contribution is 9.10. The molecular formula is C12H16BrNO. The van der Waals surface area contributed by atoms with Crippen LogP contribution in [0.4, 0.5) is 0 Å². The largest absolute Gasteiger partial charge is 0.508 e. The van der Waals surface area contributed by atoms with Gasteiger partial charge in [0, 0.05) is 22.6 Å². The molecule has 15 heavy (non-hydrogen) atoms. The number of hydrogen-bond acceptors (Lipinski definition) is 2. The smallest absolute Gasteiger partial charge is 0.120 e. The van der Waals surface area contributed by atoms with Gasteiger partial charge < -0.3 is 10.4 Å². The lowest BCUT2D eigenvalue weighted by Crippen LogP contribution is -2.25. The Hall–Kier alpha value is -0.540. The molecule has 82 valence electrons. The molecule has 0 amide bonds. The molecule has 0 spiro atoms. The maximum atomic E-state index is 9.65. The van der Waals surface area contributed by atoms with Gasteiger partial charge in [-0.05, 0) is 31.0 Å². The van der Waals surface area contributed by atoms with Crippen molar-refractivity contribution in [2.45, 2.75) is 38.3 Å². The summed E-state index contributed by atoms with van der Waals surface area (Å²) in [6, 6.07) is 6.20. The van der Waals surface area contributed by atoms with Crippen LogP contribution in [0.15, 0.2) is 22.7 Å². The molecule has 1 aromatic carbocycles. The molecule has 1 fully saturated rings. The Morgan fingerprint density at radius 3 is 2.80 bits per heavy atom. The minimum Gasteiger partial charge on any atom is -0.508 e. The number of hydrogen-bond donors (Lipinski definition) is 2. The molecule has 0 aliphatic heterocycles. The van der Waals surface area contributed by atoms with Gasteiger partial charge in [0.15, 0.2) is 0 Å². The van der Waals surface area contributed by atoms with Gasteiger partial charge >= 0.3 is 0 Å². The highest BCUT2D eigenvalue weighted by Crippen LogP contribution is 2.23. The average Bonchev–Trinajstić information content (AvgIpc) is 2.72. The van der Waals surface area contributed by atoms with E-state index in [0.29, 0.717) is 11.8 Å². The van der Waals surface area contributed by atoms with E-state index in [0.717, 1.165) is 16.6 Å². The van der Waals surface area contributed by atoms with E-state index >= 15 is 0 Å². The maximum absolute atomic E-state index is 9.65. The highest BCUT2D eigenvalue weighted by Gasteiger charge is 2.14. The SMILES string of the molecule is Oc1ccc(Br)cc1CNC1CCCC1. The number of nitrogens with one attached hydrogen (secondary N) is 1. The van der Waals surface area contributed by atoms with Crippen LogP contribution in [0.5, 0.6) is 5.75 Å². The van der Waals surface area contributed by atoms with Gasteiger partial charge in [-0.25, -0.2) is 0 Å². The van der Waals surface area contributed by atoms with Crippen LogP contribution >= 0.6 is 15.9 Å². The van der Waals surface area contributed by atoms with E-state index in [1.807, 2.05) is 12.1 Å². The van der Waals surface area contributed by atoms with Crippen molar-refractivity contribution < 1.29 is 5.11 Å². The van der Waals surface area contributed by atoms with Gasteiger partial charge in [0.25, 0.3) is 0 Å². The lowest BCUT2D eigenvalue weighted by molar-refractivity contribution is 0.456. The van der Waals surface area contributed by atoms with Crippen LogP contribution in [0.25, 0.3) is 0 Å². The van der Waals surface area contributed by atoms with E-state index in [-0.39, 0.29) is 0 Å². The Balaban J connectivity index is 1.94. The molecule has 0 heterocycles. The first-order valence-electron chi connectivity index (χ1n) is 5.46. The van der Waals surface area contributed by atoms with Crippen LogP contribution in [0.1, 0.15) is 31.2 Å². The summed E-state index contributed by atoms with van der Waals surface area (Å²) in [5.74, 6) is 0.378. The molecule has 0 unspecified atom stereocenters. The number of halogens is 1. The Labute approximate surface area is 98.8 Å². The van der Waals surface area contributed by atoms with E-state index in [1.54, 1.807) is 6.07 Å². The van der Waals surface area contributed by atoms with Crippen molar-refractivity contribution in [1.29, 1.82) is 0 Å². The normalized spacial score (nSPS) is 17.1. The van der Waals surface area contributed by atoms with Gasteiger partial charge in [0.05, 0.1) is 0 Å². The number of phenols is 1. The molecule has 0 aromatic heterocycles. The van der Waals surface area contributed by atoms with Crippen molar-refractivity contribution >= 4 is 15.9 Å². The van der Waals surface area contributed by atoms with Crippen LogP contribution in [0, 0.1) is 0 Å². The summed E-state index contributed by atoms with van der Waals surface area (Å²) in [4.78, 5) is 0. The van der Waals surface area contributed by atoms with Crippen LogP contribution in [-0.4, -0.2) is 11.1 Å². The lowest BCUT2D eigenvalue weighted by Gasteiger charge is -2.12. The van der Waals surface area contributed by atoms with Crippen molar-refractivity contribution in [2.24, 2.45) is 0 Å². The monoisotopic (exact) mass is 269 g/mol. The third kappa shape index (κ3) is 2.95. The van der Waals surface area contributed by atoms with Crippen molar-refractivity contribution in [3.63, 3.8) is 0 Å². The molecule has 0 radical (unpaired) electrons. The van der Waals surface area contributed by atoms with Crippen LogP contribution in [-0.2, 0) is 6.54 Å². The first kappa shape index (κ1) is 11.0. The molecule has 2 N–H and O–H groups in total. The summed E-state index contributed by atoms with van der Waals surface area (Å²) in [7, 11) is 0. The molecule has 3 heteroatoms. The first-order chi connectivity index (χ1) is 7.25. The zero-order chi connectivity index (χ0) is 10.7. The van der Waals surface area contributed by atoms with E-state index < -0.39 is 0 Å². The van der Waals surface area contributed by atoms with Gasteiger partial charge in [0.1, 0.15) is 5.75 Å². The first-order valence-corrected chi connectivity index (χ1v) is 6.26. The minimum absolute atomic E-state index is 0.378. The quantitative estimate of drug-likeness (QED) is 0.884. The van der Waals surface area contributed by atoms with E-state index in [9.17, 15) is 5.11 Å². The van der Waals surface area contributed by atoms with Gasteiger partial charge in [-0.1, -0.05) is 28.8 Å². The third-order valence-electron chi connectivity index (χ3n) is 2.98. The molecule has 1 aromatic rings. The molecule has 1 saturated carbocycles. The Morgan fingerprint density at radius 1 is 1.33 bits per heavy atom. The summed E-state index contributed by atoms with van der Waals surface area (Å²) in [6.07, 6.45) is 5.22. The van der Waals surface area contributed by atoms with Crippen LogP contribution in [0.2, 0.25) is 0 Å². The fourth-order valence-corrected chi connectivity index (χ4v) is 2.49. The van der Waals surface area contributed by atoms with Crippen molar-refractivity contribution in [1.82, 2.24) is 5.32 Å². The van der Waals surface area contributed by atoms with Crippen molar-refractivity contribution in [3.8, 4) is 5.75 Å². The lowest BCUT2D eigenvalue weighted by atomic mass is 10.2. The second-order valence-electron chi connectivity index (χ2n) is 4.14. The Kier molecular flexibility index (Phi) is 3.65. The van der Waals surface area contributed by atoms with Gasteiger partial charge in [-0.2, -0.15) is 0 Å². The van der Waals surface area contributed by atoms with Crippen LogP contribution in [0.3, 0.4) is 0 Å². The molecule has 0 saturated heterocycles. The number of benzene rings is 1. The van der Waals surface area contributed by atoms with Gasteiger partial charge in [0.2, 0.25) is 0 Å². The number of rotatable bonds is 3. The Morgan fingerprint density at radius 2 is 2.07 bits per heavy atom. The molecule has 0 bridgehead atoms. The summed E-state index contributed by atoms with van der Waals surface area (Å²) in [5, 5.41) is 13.1. The fourth-order valence-electron chi connectivity index (χ4n) is 2.08. The summed E-state index contributed by atoms with van der Waals surface area (Å²) in [6.45, 7) is 0.760. The molecule has 1 aliphatic carbocycles. The van der Waals surface area contributed by atoms with Crippen molar-refractivity contribution in [3.05, 3.63) is 28.2 Å². The molecule has 0 atom stereocenters. The van der Waals surface area contributed by atoms with E-state index in [4.69, 9.17) is 0 Å². The summed E-state index contributed by atoms with van der Waals surface area (Å²) >= 11 is 3.41. The van der Waals surface area contributed by atoms with Gasteiger partial charge in [-0.3, -0.25) is 0 Å². The second-order valence-corrected chi connectivity index (χ2v) is 5.05. The standard InChI is InChI=1S/C12H16BrNO/c13-10-5-6-12(15)9(7-10)8-14-11-3-1-2-4-11/h5-7,11,14-15H,1-4,8H2. The fraction of sp³-hybridized carbons (Fsp3) is 0.500. The minimum atomic E-state index is 0.378. The van der Waals surface area contributed by atoms with Crippen molar-refractivity contribution in [2.75, 3.05) is 0 Å². The maximum Gasteiger partial charge on any atom is 0.120 e. The number of aromatic hydroxyl groups is 1. The summed E-state index contributed by atoms with van der Waals surface area (Å²) < 4.78 is 1.02. The molecule has 2 rings (SSSR count). The summed E-state index contributed by atoms with van der Waals surface area (Å²) in [5.41, 5.74) is 0.969. The molecule has 1 aliphatic rings. The predicted octanol–water partition coefficient (Wildman–Crippen LogP) is 3.19. The van der Waals surface area contributed by atoms with E-state index in [2.05, 4.69) is 21.2 Å². The zero-order valence-corrected chi connectivity index (χ0v) is 10.3. The highest BCUT2D eigenvalue weighted by atomic mass is 79.9. The number of phenolic OH excluding ortho intramolecular Hbond substituents is 1. The zero-order valence-electron chi connectivity index (χ0n) is 8.67. The Bertz CT molecular complexity index is 334. The topological polar surface area (TPSA) is 32.3 Å². The molecule has 2 nitrogen and oxygen atoms in total. The molecular weight excluding hydrogens is 254 g/mol. The predicted molar refractivity (Wildman–Crippen MR) is 64.9 cm³/mol. The average molecular weight is 270 g/mol. The van der Waals surface area contributed by atoms with Crippen LogP contribution < -0.4 is 5.32 Å². The van der Waals surface area contributed by atoms with Gasteiger partial charge in [-0.15, -0.1) is 0 Å². The van der Waals surface area contributed by atoms with E-state index in [1.165, 1.54) is 25.7 Å². The third-order valence-corrected chi connectivity index (χ3v) is 3.47.